The molecule has 1 atom stereocenters. The molecular weight excluding hydrogens is 442 g/mol. The van der Waals surface area contributed by atoms with E-state index in [1.54, 1.807) is 30.5 Å². The molecule has 0 spiro atoms. The van der Waals surface area contributed by atoms with Crippen molar-refractivity contribution in [3.63, 3.8) is 0 Å². The van der Waals surface area contributed by atoms with Gasteiger partial charge in [0.05, 0.1) is 16.8 Å². The van der Waals surface area contributed by atoms with Gasteiger partial charge in [-0.3, -0.25) is 15.5 Å². The lowest BCUT2D eigenvalue weighted by Crippen LogP contribution is -2.45. The molecule has 3 aromatic heterocycles. The SMILES string of the molecule is Nc1c(-c2ccco2)cc(-c2cccs2)nc1OC(C(=O)NC1=NNNN1)c1ccccc1. The van der Waals surface area contributed by atoms with Gasteiger partial charge in [0.2, 0.25) is 17.9 Å². The van der Waals surface area contributed by atoms with Gasteiger partial charge in [0.15, 0.2) is 0 Å². The minimum absolute atomic E-state index is 0.119. The quantitative estimate of drug-likeness (QED) is 0.295. The van der Waals surface area contributed by atoms with Crippen LogP contribution >= 0.6 is 11.3 Å². The van der Waals surface area contributed by atoms with Crippen LogP contribution in [0, 0.1) is 0 Å². The smallest absolute Gasteiger partial charge is 0.272 e. The maximum atomic E-state index is 13.1. The lowest BCUT2D eigenvalue weighted by atomic mass is 10.1. The second-order valence-corrected chi connectivity index (χ2v) is 7.90. The van der Waals surface area contributed by atoms with Crippen molar-refractivity contribution in [1.82, 2.24) is 26.8 Å². The van der Waals surface area contributed by atoms with Gasteiger partial charge in [-0.05, 0) is 29.6 Å². The fourth-order valence-electron chi connectivity index (χ4n) is 3.26. The van der Waals surface area contributed by atoms with E-state index in [0.717, 1.165) is 4.88 Å². The lowest BCUT2D eigenvalue weighted by molar-refractivity contribution is -0.126. The molecule has 1 aromatic carbocycles. The van der Waals surface area contributed by atoms with E-state index in [1.807, 2.05) is 41.8 Å². The fraction of sp³-hybridized carbons (Fsp3) is 0.0455. The molecule has 0 saturated heterocycles. The minimum atomic E-state index is -1.05. The molecule has 1 unspecified atom stereocenters. The highest BCUT2D eigenvalue weighted by molar-refractivity contribution is 7.13. The Balaban J connectivity index is 1.56. The van der Waals surface area contributed by atoms with E-state index in [2.05, 4.69) is 31.9 Å². The zero-order valence-electron chi connectivity index (χ0n) is 17.1. The monoisotopic (exact) mass is 461 g/mol. The Morgan fingerprint density at radius 3 is 2.73 bits per heavy atom. The number of thiophene rings is 1. The molecule has 166 valence electrons. The second-order valence-electron chi connectivity index (χ2n) is 6.95. The molecule has 1 aliphatic rings. The van der Waals surface area contributed by atoms with Crippen molar-refractivity contribution in [3.8, 4) is 27.8 Å². The number of amides is 1. The first-order valence-electron chi connectivity index (χ1n) is 9.93. The summed E-state index contributed by atoms with van der Waals surface area (Å²) in [4.78, 5) is 18.7. The summed E-state index contributed by atoms with van der Waals surface area (Å²) in [7, 11) is 0. The highest BCUT2D eigenvalue weighted by Crippen LogP contribution is 2.38. The molecule has 0 bridgehead atoms. The number of nitrogens with two attached hydrogens (primary N) is 1. The van der Waals surface area contributed by atoms with E-state index in [0.29, 0.717) is 22.6 Å². The Bertz CT molecular complexity index is 1280. The summed E-state index contributed by atoms with van der Waals surface area (Å²) >= 11 is 1.53. The van der Waals surface area contributed by atoms with Crippen LogP contribution in [0.5, 0.6) is 5.88 Å². The third-order valence-electron chi connectivity index (χ3n) is 4.80. The zero-order valence-corrected chi connectivity index (χ0v) is 17.9. The summed E-state index contributed by atoms with van der Waals surface area (Å²) < 4.78 is 11.7. The van der Waals surface area contributed by atoms with E-state index >= 15 is 0 Å². The molecule has 0 radical (unpaired) electrons. The van der Waals surface area contributed by atoms with Crippen molar-refractivity contribution in [2.45, 2.75) is 6.10 Å². The molecule has 0 saturated carbocycles. The largest absolute Gasteiger partial charge is 0.464 e. The van der Waals surface area contributed by atoms with Crippen LogP contribution in [0.4, 0.5) is 5.69 Å². The zero-order chi connectivity index (χ0) is 22.6. The van der Waals surface area contributed by atoms with Gasteiger partial charge in [-0.2, -0.15) is 0 Å². The van der Waals surface area contributed by atoms with Crippen LogP contribution in [0.15, 0.2) is 81.8 Å². The first kappa shape index (κ1) is 20.5. The van der Waals surface area contributed by atoms with Crippen LogP contribution < -0.4 is 32.3 Å². The molecule has 4 aromatic rings. The maximum absolute atomic E-state index is 13.1. The summed E-state index contributed by atoms with van der Waals surface area (Å²) in [6.07, 6.45) is 0.521. The van der Waals surface area contributed by atoms with Crippen molar-refractivity contribution >= 4 is 28.9 Å². The Hall–Kier alpha value is -4.35. The molecule has 10 nitrogen and oxygen atoms in total. The number of nitrogen functional groups attached to an aromatic ring is 1. The standard InChI is InChI=1S/C22H19N7O3S/c23-18-14(16-8-4-10-31-16)12-15(17-9-5-11-33-17)24-21(18)32-19(13-6-2-1-3-7-13)20(30)25-22-26-28-29-27-22/h1-12,19,28-29H,23H2,(H2,25,26,27,30). The molecule has 6 N–H and O–H groups in total. The van der Waals surface area contributed by atoms with E-state index in [9.17, 15) is 4.79 Å². The number of ether oxygens (including phenoxy) is 1. The van der Waals surface area contributed by atoms with Gasteiger partial charge in [-0.25, -0.2) is 10.5 Å². The van der Waals surface area contributed by atoms with Gasteiger partial charge in [-0.1, -0.05) is 36.4 Å². The predicted molar refractivity (Wildman–Crippen MR) is 124 cm³/mol. The molecule has 5 rings (SSSR count). The number of nitrogens with zero attached hydrogens (tertiary/aromatic N) is 2. The average Bonchev–Trinajstić information content (AvgIpc) is 3.63. The lowest BCUT2D eigenvalue weighted by Gasteiger charge is -2.20. The van der Waals surface area contributed by atoms with Crippen molar-refractivity contribution in [1.29, 1.82) is 0 Å². The van der Waals surface area contributed by atoms with E-state index < -0.39 is 12.0 Å². The number of carbonyl (C=O) groups is 1. The number of hydrogen-bond donors (Lipinski definition) is 5. The topological polar surface area (TPSA) is 139 Å². The van der Waals surface area contributed by atoms with Gasteiger partial charge < -0.3 is 14.9 Å². The Morgan fingerprint density at radius 2 is 2.03 bits per heavy atom. The molecule has 11 heteroatoms. The maximum Gasteiger partial charge on any atom is 0.272 e. The summed E-state index contributed by atoms with van der Waals surface area (Å²) in [5.74, 6) is 0.433. The number of carbonyl (C=O) groups excluding carboxylic acids is 1. The number of benzene rings is 1. The van der Waals surface area contributed by atoms with Gasteiger partial charge in [0.1, 0.15) is 11.4 Å². The van der Waals surface area contributed by atoms with E-state index in [1.165, 1.54) is 11.3 Å². The molecule has 1 amide bonds. The first-order chi connectivity index (χ1) is 16.2. The van der Waals surface area contributed by atoms with Crippen molar-refractivity contribution in [2.24, 2.45) is 5.10 Å². The van der Waals surface area contributed by atoms with Gasteiger partial charge in [0, 0.05) is 11.1 Å². The number of aromatic nitrogens is 1. The molecule has 4 heterocycles. The van der Waals surface area contributed by atoms with Gasteiger partial charge in [-0.15, -0.1) is 22.0 Å². The first-order valence-corrected chi connectivity index (χ1v) is 10.8. The van der Waals surface area contributed by atoms with Crippen molar-refractivity contribution in [3.05, 3.63) is 77.9 Å². The predicted octanol–water partition coefficient (Wildman–Crippen LogP) is 2.77. The summed E-state index contributed by atoms with van der Waals surface area (Å²) in [5.41, 5.74) is 16.3. The number of rotatable bonds is 6. The van der Waals surface area contributed by atoms with Crippen LogP contribution in [0.1, 0.15) is 11.7 Å². The number of guanidine groups is 1. The van der Waals surface area contributed by atoms with Crippen LogP contribution in [0.3, 0.4) is 0 Å². The number of pyridine rings is 1. The Labute approximate surface area is 192 Å². The fourth-order valence-corrected chi connectivity index (χ4v) is 3.95. The van der Waals surface area contributed by atoms with Crippen molar-refractivity contribution in [2.75, 3.05) is 5.73 Å². The molecule has 33 heavy (non-hydrogen) atoms. The van der Waals surface area contributed by atoms with Crippen LogP contribution in [-0.2, 0) is 4.79 Å². The summed E-state index contributed by atoms with van der Waals surface area (Å²) in [5, 5.41) is 8.50. The third-order valence-corrected chi connectivity index (χ3v) is 5.69. The van der Waals surface area contributed by atoms with Crippen molar-refractivity contribution < 1.29 is 13.9 Å². The van der Waals surface area contributed by atoms with Crippen LogP contribution in [0.2, 0.25) is 0 Å². The van der Waals surface area contributed by atoms with Gasteiger partial charge >= 0.3 is 0 Å². The number of hydrazine groups is 2. The molecule has 0 aliphatic carbocycles. The van der Waals surface area contributed by atoms with Gasteiger partial charge in [0.25, 0.3) is 5.91 Å². The Morgan fingerprint density at radius 1 is 1.15 bits per heavy atom. The average molecular weight is 462 g/mol. The van der Waals surface area contributed by atoms with E-state index in [-0.39, 0.29) is 17.5 Å². The molecule has 1 aliphatic heterocycles. The molecular formula is C22H19N7O3S. The number of hydrogen-bond acceptors (Lipinski definition) is 10. The van der Waals surface area contributed by atoms with E-state index in [4.69, 9.17) is 14.9 Å². The number of anilines is 1. The third kappa shape index (κ3) is 4.35. The highest BCUT2D eigenvalue weighted by atomic mass is 32.1. The molecule has 0 fully saturated rings. The minimum Gasteiger partial charge on any atom is -0.464 e. The highest BCUT2D eigenvalue weighted by Gasteiger charge is 2.27. The second kappa shape index (κ2) is 9.02. The Kier molecular flexibility index (Phi) is 5.62. The summed E-state index contributed by atoms with van der Waals surface area (Å²) in [6.45, 7) is 0. The van der Waals surface area contributed by atoms with Crippen LogP contribution in [-0.4, -0.2) is 16.9 Å². The normalized spacial score (nSPS) is 13.5. The summed E-state index contributed by atoms with van der Waals surface area (Å²) in [6, 6.07) is 18.4. The number of nitrogens with one attached hydrogen (secondary N) is 4. The number of furan rings is 1. The van der Waals surface area contributed by atoms with Crippen LogP contribution in [0.25, 0.3) is 21.9 Å². The number of hydrazone groups is 1.